The van der Waals surface area contributed by atoms with Gasteiger partial charge < -0.3 is 9.47 Å². The van der Waals surface area contributed by atoms with Crippen LogP contribution in [-0.2, 0) is 12.8 Å². The van der Waals surface area contributed by atoms with Crippen LogP contribution in [-0.4, -0.2) is 11.2 Å². The van der Waals surface area contributed by atoms with E-state index < -0.39 is 0 Å². The molecule has 2 heterocycles. The van der Waals surface area contributed by atoms with Gasteiger partial charge in [0.15, 0.2) is 0 Å². The van der Waals surface area contributed by atoms with E-state index in [9.17, 15) is 0 Å². The average Bonchev–Trinajstić information content (AvgIpc) is 2.73. The van der Waals surface area contributed by atoms with Crippen molar-refractivity contribution < 1.29 is 9.47 Å². The van der Waals surface area contributed by atoms with E-state index in [4.69, 9.17) is 9.47 Å². The van der Waals surface area contributed by atoms with Crippen molar-refractivity contribution in [3.05, 3.63) is 71.8 Å². The third-order valence-electron chi connectivity index (χ3n) is 8.15. The van der Waals surface area contributed by atoms with Crippen LogP contribution in [0.4, 0.5) is 0 Å². The molecule has 3 aliphatic rings. The molecule has 0 saturated carbocycles. The molecule has 164 valence electrons. The molecule has 1 aliphatic carbocycles. The first-order valence-corrected chi connectivity index (χ1v) is 12.0. The summed E-state index contributed by atoms with van der Waals surface area (Å²) in [6.07, 6.45) is 11.3. The van der Waals surface area contributed by atoms with Crippen molar-refractivity contribution in [2.24, 2.45) is 17.3 Å². The maximum Gasteiger partial charge on any atom is 0.123 e. The van der Waals surface area contributed by atoms with Crippen molar-refractivity contribution in [3.8, 4) is 11.5 Å². The van der Waals surface area contributed by atoms with Gasteiger partial charge in [-0.25, -0.2) is 0 Å². The lowest BCUT2D eigenvalue weighted by atomic mass is 9.69. The second-order valence-electron chi connectivity index (χ2n) is 11.2. The van der Waals surface area contributed by atoms with Crippen LogP contribution in [0.25, 0.3) is 0 Å². The summed E-state index contributed by atoms with van der Waals surface area (Å²) in [6.45, 7) is 9.43. The zero-order chi connectivity index (χ0) is 21.7. The highest BCUT2D eigenvalue weighted by Gasteiger charge is 2.46. The lowest BCUT2D eigenvalue weighted by molar-refractivity contribution is -0.0357. The van der Waals surface area contributed by atoms with Crippen LogP contribution in [0.5, 0.6) is 11.5 Å². The summed E-state index contributed by atoms with van der Waals surface area (Å²) in [7, 11) is 0. The highest BCUT2D eigenvalue weighted by Crippen LogP contribution is 2.48. The van der Waals surface area contributed by atoms with Gasteiger partial charge in [-0.1, -0.05) is 62.4 Å². The molecule has 4 atom stereocenters. The molecule has 2 nitrogen and oxygen atoms in total. The van der Waals surface area contributed by atoms with Gasteiger partial charge in [-0.15, -0.1) is 0 Å². The van der Waals surface area contributed by atoms with Crippen LogP contribution in [0, 0.1) is 17.3 Å². The topological polar surface area (TPSA) is 18.5 Å². The van der Waals surface area contributed by atoms with Crippen LogP contribution in [0.15, 0.2) is 60.7 Å². The number of hydrogen-bond acceptors (Lipinski definition) is 2. The molecule has 0 fully saturated rings. The summed E-state index contributed by atoms with van der Waals surface area (Å²) in [5.41, 5.74) is 2.51. The lowest BCUT2D eigenvalue weighted by Crippen LogP contribution is -2.49. The van der Waals surface area contributed by atoms with Crippen molar-refractivity contribution in [3.63, 3.8) is 0 Å². The summed E-state index contributed by atoms with van der Waals surface area (Å²) in [6, 6.07) is 17.2. The Kier molecular flexibility index (Phi) is 4.95. The van der Waals surface area contributed by atoms with Gasteiger partial charge in [-0.2, -0.15) is 0 Å². The first-order chi connectivity index (χ1) is 14.8. The summed E-state index contributed by atoms with van der Waals surface area (Å²) in [4.78, 5) is 0. The van der Waals surface area contributed by atoms with Crippen molar-refractivity contribution >= 4 is 0 Å². The number of para-hydroxylation sites is 2. The second-order valence-corrected chi connectivity index (χ2v) is 11.2. The highest BCUT2D eigenvalue weighted by atomic mass is 16.5. The van der Waals surface area contributed by atoms with E-state index in [0.717, 1.165) is 50.0 Å². The molecule has 0 saturated heterocycles. The molecule has 31 heavy (non-hydrogen) atoms. The van der Waals surface area contributed by atoms with E-state index in [1.54, 1.807) is 0 Å². The number of allylic oxidation sites excluding steroid dienone is 1. The smallest absolute Gasteiger partial charge is 0.123 e. The quantitative estimate of drug-likeness (QED) is 0.424. The van der Waals surface area contributed by atoms with Crippen molar-refractivity contribution in [2.45, 2.75) is 77.4 Å². The molecular formula is C29H36O2. The third-order valence-corrected chi connectivity index (χ3v) is 8.15. The fourth-order valence-corrected chi connectivity index (χ4v) is 6.11. The van der Waals surface area contributed by atoms with Gasteiger partial charge in [0.05, 0.1) is 0 Å². The van der Waals surface area contributed by atoms with Gasteiger partial charge in [0.1, 0.15) is 22.7 Å². The Bertz CT molecular complexity index is 990. The van der Waals surface area contributed by atoms with E-state index in [0.29, 0.717) is 11.8 Å². The Labute approximate surface area is 187 Å². The molecule has 2 aliphatic heterocycles. The summed E-state index contributed by atoms with van der Waals surface area (Å²) in [5, 5.41) is 0. The number of hydrogen-bond donors (Lipinski definition) is 0. The Morgan fingerprint density at radius 3 is 2.00 bits per heavy atom. The lowest BCUT2D eigenvalue weighted by Gasteiger charge is -2.47. The van der Waals surface area contributed by atoms with Gasteiger partial charge in [-0.05, 0) is 74.6 Å². The summed E-state index contributed by atoms with van der Waals surface area (Å²) < 4.78 is 13.5. The fourth-order valence-electron chi connectivity index (χ4n) is 6.11. The van der Waals surface area contributed by atoms with Crippen LogP contribution in [0.1, 0.15) is 64.5 Å². The van der Waals surface area contributed by atoms with Crippen molar-refractivity contribution in [2.75, 3.05) is 0 Å². The SMILES string of the molecule is CC1(C)C=CC[C@@]2(C)Oc3ccccc3C[C@H]2CC[C@@]2(C)Oc3ccccc3C[C@@H]2C1. The molecule has 0 bridgehead atoms. The van der Waals surface area contributed by atoms with E-state index in [1.807, 2.05) is 0 Å². The first kappa shape index (κ1) is 20.7. The minimum atomic E-state index is -0.177. The Morgan fingerprint density at radius 1 is 0.742 bits per heavy atom. The minimum absolute atomic E-state index is 0.129. The zero-order valence-electron chi connectivity index (χ0n) is 19.5. The standard InChI is InChI=1S/C29H36O2/c1-27(2)15-9-16-28(3)23(18-21-10-5-7-12-25(21)30-28)14-17-29(4)24(20-27)19-22-11-6-8-13-26(22)31-29/h5-13,15,23-24H,14,16-20H2,1-4H3/t23-,24-,28-,29-/m1/s1. The van der Waals surface area contributed by atoms with Gasteiger partial charge in [0, 0.05) is 18.3 Å². The molecule has 0 amide bonds. The zero-order valence-corrected chi connectivity index (χ0v) is 19.5. The minimum Gasteiger partial charge on any atom is -0.487 e. The normalized spacial score (nSPS) is 33.9. The van der Waals surface area contributed by atoms with Crippen LogP contribution in [0.2, 0.25) is 0 Å². The monoisotopic (exact) mass is 416 g/mol. The summed E-state index contributed by atoms with van der Waals surface area (Å²) >= 11 is 0. The van der Waals surface area contributed by atoms with Crippen molar-refractivity contribution in [1.82, 2.24) is 0 Å². The Morgan fingerprint density at radius 2 is 1.32 bits per heavy atom. The molecule has 2 aromatic rings. The van der Waals surface area contributed by atoms with Gasteiger partial charge >= 0.3 is 0 Å². The second kappa shape index (κ2) is 7.43. The predicted octanol–water partition coefficient (Wildman–Crippen LogP) is 7.16. The first-order valence-electron chi connectivity index (χ1n) is 12.0. The highest BCUT2D eigenvalue weighted by molar-refractivity contribution is 5.38. The average molecular weight is 417 g/mol. The number of rotatable bonds is 0. The van der Waals surface area contributed by atoms with E-state index in [1.165, 1.54) is 11.1 Å². The predicted molar refractivity (Wildman–Crippen MR) is 127 cm³/mol. The number of benzene rings is 2. The van der Waals surface area contributed by atoms with Crippen LogP contribution >= 0.6 is 0 Å². The van der Waals surface area contributed by atoms with Gasteiger partial charge in [-0.3, -0.25) is 0 Å². The largest absolute Gasteiger partial charge is 0.487 e. The maximum absolute atomic E-state index is 6.81. The Balaban J connectivity index is 1.52. The maximum atomic E-state index is 6.81. The van der Waals surface area contributed by atoms with E-state index in [-0.39, 0.29) is 16.6 Å². The fraction of sp³-hybridized carbons (Fsp3) is 0.517. The third kappa shape index (κ3) is 3.90. The van der Waals surface area contributed by atoms with E-state index in [2.05, 4.69) is 88.4 Å². The Hall–Kier alpha value is -2.22. The van der Waals surface area contributed by atoms with Gasteiger partial charge in [0.2, 0.25) is 0 Å². The molecule has 2 aromatic carbocycles. The number of ether oxygens (including phenoxy) is 2. The van der Waals surface area contributed by atoms with Gasteiger partial charge in [0.25, 0.3) is 0 Å². The van der Waals surface area contributed by atoms with Crippen LogP contribution in [0.3, 0.4) is 0 Å². The molecule has 2 heteroatoms. The molecule has 0 spiro atoms. The van der Waals surface area contributed by atoms with Crippen molar-refractivity contribution in [1.29, 1.82) is 0 Å². The van der Waals surface area contributed by atoms with Crippen LogP contribution < -0.4 is 9.47 Å². The molecule has 0 N–H and O–H groups in total. The summed E-state index contributed by atoms with van der Waals surface area (Å²) in [5.74, 6) is 3.13. The molecule has 0 aromatic heterocycles. The molecular weight excluding hydrogens is 380 g/mol. The molecule has 5 rings (SSSR count). The molecule has 0 unspecified atom stereocenters. The number of fused-ring (bicyclic) bond motifs is 4. The van der Waals surface area contributed by atoms with E-state index >= 15 is 0 Å². The molecule has 0 radical (unpaired) electrons.